The molecule has 1 aromatic carbocycles. The van der Waals surface area contributed by atoms with Crippen molar-refractivity contribution >= 4 is 0 Å². The average Bonchev–Trinajstić information content (AvgIpc) is 2.38. The van der Waals surface area contributed by atoms with Gasteiger partial charge in [-0.2, -0.15) is 0 Å². The zero-order valence-electron chi connectivity index (χ0n) is 13.0. The lowest BCUT2D eigenvalue weighted by Gasteiger charge is -2.48. The molecule has 1 aliphatic rings. The van der Waals surface area contributed by atoms with Gasteiger partial charge in [-0.3, -0.25) is 4.90 Å². The molecule has 1 aromatic rings. The predicted molar refractivity (Wildman–Crippen MR) is 82.3 cm³/mol. The normalized spacial score (nSPS) is 25.8. The van der Waals surface area contributed by atoms with Crippen molar-refractivity contribution in [3.05, 3.63) is 35.9 Å². The molecule has 1 aliphatic heterocycles. The number of hydrogen-bond acceptors (Lipinski definition) is 2. The zero-order chi connectivity index (χ0) is 14.0. The standard InChI is InChI=1S/C17H28N2/c1-13(2)15-12-19(17(3,4)5)16(11-18-15)14-9-7-6-8-10-14/h6-10,13,15-16,18H,11-12H2,1-5H3. The Morgan fingerprint density at radius 2 is 1.79 bits per heavy atom. The van der Waals surface area contributed by atoms with Gasteiger partial charge in [0.1, 0.15) is 0 Å². The van der Waals surface area contributed by atoms with E-state index in [0.717, 1.165) is 13.1 Å². The molecule has 2 nitrogen and oxygen atoms in total. The fraction of sp³-hybridized carbons (Fsp3) is 0.647. The maximum Gasteiger partial charge on any atom is 0.0478 e. The highest BCUT2D eigenvalue weighted by atomic mass is 15.3. The predicted octanol–water partition coefficient (Wildman–Crippen LogP) is 3.46. The first-order valence-corrected chi connectivity index (χ1v) is 7.44. The van der Waals surface area contributed by atoms with Crippen molar-refractivity contribution in [1.82, 2.24) is 10.2 Å². The molecule has 0 bridgehead atoms. The molecule has 1 N–H and O–H groups in total. The van der Waals surface area contributed by atoms with Gasteiger partial charge in [-0.15, -0.1) is 0 Å². The van der Waals surface area contributed by atoms with E-state index in [1.54, 1.807) is 0 Å². The number of nitrogens with zero attached hydrogens (tertiary/aromatic N) is 1. The molecule has 1 fully saturated rings. The van der Waals surface area contributed by atoms with Gasteiger partial charge in [-0.25, -0.2) is 0 Å². The highest BCUT2D eigenvalue weighted by Gasteiger charge is 2.36. The molecule has 2 heteroatoms. The second-order valence-corrected chi connectivity index (χ2v) is 7.01. The molecule has 2 unspecified atom stereocenters. The number of piperazine rings is 1. The van der Waals surface area contributed by atoms with Gasteiger partial charge >= 0.3 is 0 Å². The Hall–Kier alpha value is -0.860. The van der Waals surface area contributed by atoms with E-state index < -0.39 is 0 Å². The summed E-state index contributed by atoms with van der Waals surface area (Å²) in [4.78, 5) is 2.66. The minimum absolute atomic E-state index is 0.204. The number of rotatable bonds is 2. The van der Waals surface area contributed by atoms with Crippen LogP contribution in [0, 0.1) is 5.92 Å². The summed E-state index contributed by atoms with van der Waals surface area (Å²) < 4.78 is 0. The van der Waals surface area contributed by atoms with Crippen LogP contribution in [0.5, 0.6) is 0 Å². The van der Waals surface area contributed by atoms with Gasteiger partial charge in [0.25, 0.3) is 0 Å². The van der Waals surface area contributed by atoms with Gasteiger partial charge in [0.15, 0.2) is 0 Å². The van der Waals surface area contributed by atoms with Gasteiger partial charge in [-0.1, -0.05) is 44.2 Å². The van der Waals surface area contributed by atoms with E-state index in [0.29, 0.717) is 18.0 Å². The minimum atomic E-state index is 0.204. The van der Waals surface area contributed by atoms with E-state index in [1.807, 2.05) is 0 Å². The molecular weight excluding hydrogens is 232 g/mol. The number of hydrogen-bond donors (Lipinski definition) is 1. The van der Waals surface area contributed by atoms with Crippen molar-refractivity contribution in [2.24, 2.45) is 5.92 Å². The molecule has 1 saturated heterocycles. The summed E-state index contributed by atoms with van der Waals surface area (Å²) in [6, 6.07) is 12.0. The SMILES string of the molecule is CC(C)C1CN(C(C)(C)C)C(c2ccccc2)CN1. The van der Waals surface area contributed by atoms with Gasteiger partial charge in [0, 0.05) is 30.7 Å². The number of benzene rings is 1. The molecule has 19 heavy (non-hydrogen) atoms. The van der Waals surface area contributed by atoms with Crippen LogP contribution < -0.4 is 5.32 Å². The molecule has 1 heterocycles. The Morgan fingerprint density at radius 3 is 2.32 bits per heavy atom. The third-order valence-electron chi connectivity index (χ3n) is 4.19. The van der Waals surface area contributed by atoms with Crippen molar-refractivity contribution in [1.29, 1.82) is 0 Å². The Balaban J connectivity index is 2.23. The molecule has 0 saturated carbocycles. The lowest BCUT2D eigenvalue weighted by molar-refractivity contribution is 0.0312. The van der Waals surface area contributed by atoms with E-state index in [-0.39, 0.29) is 5.54 Å². The molecule has 2 atom stereocenters. The highest BCUT2D eigenvalue weighted by molar-refractivity contribution is 5.21. The monoisotopic (exact) mass is 260 g/mol. The van der Waals surface area contributed by atoms with E-state index in [2.05, 4.69) is 75.2 Å². The Bertz CT molecular complexity index is 391. The van der Waals surface area contributed by atoms with E-state index in [4.69, 9.17) is 0 Å². The maximum atomic E-state index is 3.73. The largest absolute Gasteiger partial charge is 0.311 e. The highest BCUT2D eigenvalue weighted by Crippen LogP contribution is 2.31. The average molecular weight is 260 g/mol. The van der Waals surface area contributed by atoms with Crippen LogP contribution >= 0.6 is 0 Å². The van der Waals surface area contributed by atoms with Crippen molar-refractivity contribution in [2.75, 3.05) is 13.1 Å². The minimum Gasteiger partial charge on any atom is -0.311 e. The van der Waals surface area contributed by atoms with Crippen LogP contribution in [0.15, 0.2) is 30.3 Å². The molecule has 0 aromatic heterocycles. The molecule has 106 valence electrons. The summed E-state index contributed by atoms with van der Waals surface area (Å²) in [5, 5.41) is 3.73. The smallest absolute Gasteiger partial charge is 0.0478 e. The van der Waals surface area contributed by atoms with Crippen LogP contribution in [0.1, 0.15) is 46.2 Å². The van der Waals surface area contributed by atoms with Crippen molar-refractivity contribution in [2.45, 2.75) is 52.2 Å². The summed E-state index contributed by atoms with van der Waals surface area (Å²) in [5.74, 6) is 0.682. The van der Waals surface area contributed by atoms with Gasteiger partial charge in [0.05, 0.1) is 0 Å². The van der Waals surface area contributed by atoms with Gasteiger partial charge in [-0.05, 0) is 32.3 Å². The first-order chi connectivity index (χ1) is 8.89. The van der Waals surface area contributed by atoms with E-state index in [9.17, 15) is 0 Å². The van der Waals surface area contributed by atoms with Crippen molar-refractivity contribution in [3.63, 3.8) is 0 Å². The molecular formula is C17H28N2. The van der Waals surface area contributed by atoms with Crippen molar-refractivity contribution < 1.29 is 0 Å². The maximum absolute atomic E-state index is 3.73. The fourth-order valence-electron chi connectivity index (χ4n) is 2.94. The van der Waals surface area contributed by atoms with Gasteiger partial charge < -0.3 is 5.32 Å². The number of nitrogens with one attached hydrogen (secondary N) is 1. The van der Waals surface area contributed by atoms with E-state index in [1.165, 1.54) is 5.56 Å². The molecule has 0 spiro atoms. The summed E-state index contributed by atoms with van der Waals surface area (Å²) in [6.45, 7) is 13.8. The van der Waals surface area contributed by atoms with Crippen molar-refractivity contribution in [3.8, 4) is 0 Å². The Kier molecular flexibility index (Phi) is 4.32. The second-order valence-electron chi connectivity index (χ2n) is 7.01. The van der Waals surface area contributed by atoms with Gasteiger partial charge in [0.2, 0.25) is 0 Å². The fourth-order valence-corrected chi connectivity index (χ4v) is 2.94. The Labute approximate surface area is 118 Å². The molecule has 0 amide bonds. The van der Waals surface area contributed by atoms with Crippen LogP contribution in [0.2, 0.25) is 0 Å². The van der Waals surface area contributed by atoms with Crippen LogP contribution in [0.4, 0.5) is 0 Å². The summed E-state index contributed by atoms with van der Waals surface area (Å²) in [5.41, 5.74) is 1.63. The summed E-state index contributed by atoms with van der Waals surface area (Å²) >= 11 is 0. The third-order valence-corrected chi connectivity index (χ3v) is 4.19. The van der Waals surface area contributed by atoms with Crippen LogP contribution in [-0.4, -0.2) is 29.6 Å². The lowest BCUT2D eigenvalue weighted by Crippen LogP contribution is -2.59. The quantitative estimate of drug-likeness (QED) is 0.876. The van der Waals surface area contributed by atoms with Crippen LogP contribution in [-0.2, 0) is 0 Å². The summed E-state index contributed by atoms with van der Waals surface area (Å²) in [6.07, 6.45) is 0. The first kappa shape index (κ1) is 14.5. The second kappa shape index (κ2) is 5.64. The van der Waals surface area contributed by atoms with Crippen LogP contribution in [0.3, 0.4) is 0 Å². The lowest BCUT2D eigenvalue weighted by atomic mass is 9.91. The molecule has 0 aliphatic carbocycles. The molecule has 0 radical (unpaired) electrons. The third kappa shape index (κ3) is 3.37. The van der Waals surface area contributed by atoms with Crippen LogP contribution in [0.25, 0.3) is 0 Å². The topological polar surface area (TPSA) is 15.3 Å². The Morgan fingerprint density at radius 1 is 1.16 bits per heavy atom. The first-order valence-electron chi connectivity index (χ1n) is 7.44. The molecule has 2 rings (SSSR count). The van der Waals surface area contributed by atoms with E-state index >= 15 is 0 Å². The zero-order valence-corrected chi connectivity index (χ0v) is 13.0. The summed E-state index contributed by atoms with van der Waals surface area (Å²) in [7, 11) is 0.